The van der Waals surface area contributed by atoms with Crippen LogP contribution in [0.2, 0.25) is 0 Å². The van der Waals surface area contributed by atoms with E-state index >= 15 is 0 Å². The van der Waals surface area contributed by atoms with Gasteiger partial charge < -0.3 is 19.4 Å². The number of nitrogens with one attached hydrogen (secondary N) is 1. The number of benzene rings is 2. The molecular weight excluding hydrogens is 328 g/mol. The summed E-state index contributed by atoms with van der Waals surface area (Å²) in [5.74, 6) is 1.28. The molecule has 5 heteroatoms. The van der Waals surface area contributed by atoms with Gasteiger partial charge in [-0.1, -0.05) is 18.2 Å². The van der Waals surface area contributed by atoms with Crippen molar-refractivity contribution in [1.29, 1.82) is 0 Å². The minimum Gasteiger partial charge on any atom is -0.490 e. The third kappa shape index (κ3) is 3.67. The topological polar surface area (TPSA) is 54.7 Å². The van der Waals surface area contributed by atoms with Crippen LogP contribution >= 0.6 is 0 Å². The predicted octanol–water partition coefficient (Wildman–Crippen LogP) is 4.39. The Bertz CT molecular complexity index is 915. The number of anilines is 1. The average Bonchev–Trinajstić information content (AvgIpc) is 3.07. The molecule has 0 aliphatic heterocycles. The highest BCUT2D eigenvalue weighted by atomic mass is 16.5. The number of amides is 1. The number of ether oxygens (including phenoxy) is 1. The van der Waals surface area contributed by atoms with Crippen molar-refractivity contribution < 1.29 is 13.9 Å². The molecule has 1 amide bonds. The Kier molecular flexibility index (Phi) is 5.16. The molecule has 0 bridgehead atoms. The van der Waals surface area contributed by atoms with Gasteiger partial charge in [-0.3, -0.25) is 4.79 Å². The third-order valence-corrected chi connectivity index (χ3v) is 4.23. The molecule has 0 fully saturated rings. The van der Waals surface area contributed by atoms with Gasteiger partial charge in [0.15, 0.2) is 11.3 Å². The van der Waals surface area contributed by atoms with Gasteiger partial charge in [-0.25, -0.2) is 0 Å². The van der Waals surface area contributed by atoms with Crippen LogP contribution in [0.1, 0.15) is 36.0 Å². The normalized spacial score (nSPS) is 12.0. The average molecular weight is 352 g/mol. The van der Waals surface area contributed by atoms with Crippen LogP contribution in [-0.2, 0) is 0 Å². The number of carbonyl (C=O) groups excluding carboxylic acids is 1. The number of furan rings is 1. The van der Waals surface area contributed by atoms with Crippen LogP contribution in [0.15, 0.2) is 52.9 Å². The van der Waals surface area contributed by atoms with E-state index in [0.29, 0.717) is 29.3 Å². The summed E-state index contributed by atoms with van der Waals surface area (Å²) in [5.41, 5.74) is 2.31. The van der Waals surface area contributed by atoms with Crippen LogP contribution in [-0.4, -0.2) is 26.6 Å². The van der Waals surface area contributed by atoms with Crippen LogP contribution < -0.4 is 15.0 Å². The zero-order valence-electron chi connectivity index (χ0n) is 15.6. The SMILES string of the molecule is CCOc1cccc2cc([C@@H](C)NC(=O)c3cccc(N(C)C)c3)oc12. The van der Waals surface area contributed by atoms with Crippen LogP contribution in [0.25, 0.3) is 11.0 Å². The first-order valence-corrected chi connectivity index (χ1v) is 8.73. The van der Waals surface area contributed by atoms with Gasteiger partial charge in [-0.2, -0.15) is 0 Å². The second-order valence-corrected chi connectivity index (χ2v) is 6.40. The molecule has 1 aromatic heterocycles. The first-order valence-electron chi connectivity index (χ1n) is 8.73. The van der Waals surface area contributed by atoms with Crippen molar-refractivity contribution in [2.75, 3.05) is 25.6 Å². The molecule has 136 valence electrons. The van der Waals surface area contributed by atoms with Gasteiger partial charge in [0.05, 0.1) is 12.6 Å². The molecule has 1 atom stereocenters. The maximum atomic E-state index is 12.6. The van der Waals surface area contributed by atoms with Gasteiger partial charge in [0.1, 0.15) is 5.76 Å². The van der Waals surface area contributed by atoms with E-state index in [1.54, 1.807) is 6.07 Å². The molecule has 1 N–H and O–H groups in total. The van der Waals surface area contributed by atoms with E-state index in [4.69, 9.17) is 9.15 Å². The summed E-state index contributed by atoms with van der Waals surface area (Å²) in [4.78, 5) is 14.6. The fraction of sp³-hybridized carbons (Fsp3) is 0.286. The first-order chi connectivity index (χ1) is 12.5. The Balaban J connectivity index is 1.80. The van der Waals surface area contributed by atoms with Crippen molar-refractivity contribution in [3.8, 4) is 5.75 Å². The molecule has 0 unspecified atom stereocenters. The summed E-state index contributed by atoms with van der Waals surface area (Å²) >= 11 is 0. The number of para-hydroxylation sites is 1. The maximum Gasteiger partial charge on any atom is 0.251 e. The van der Waals surface area contributed by atoms with E-state index in [1.807, 2.05) is 75.3 Å². The summed E-state index contributed by atoms with van der Waals surface area (Å²) in [6.07, 6.45) is 0. The number of fused-ring (bicyclic) bond motifs is 1. The largest absolute Gasteiger partial charge is 0.490 e. The standard InChI is InChI=1S/C21H24N2O3/c1-5-25-18-11-7-8-15-13-19(26-20(15)18)14(2)22-21(24)16-9-6-10-17(12-16)23(3)4/h6-14H,5H2,1-4H3,(H,22,24)/t14-/m1/s1. The summed E-state index contributed by atoms with van der Waals surface area (Å²) in [6, 6.07) is 15.0. The number of hydrogen-bond donors (Lipinski definition) is 1. The molecule has 2 aromatic carbocycles. The van der Waals surface area contributed by atoms with Crippen molar-refractivity contribution in [3.63, 3.8) is 0 Å². The van der Waals surface area contributed by atoms with Crippen molar-refractivity contribution in [3.05, 3.63) is 59.9 Å². The highest BCUT2D eigenvalue weighted by molar-refractivity contribution is 5.95. The van der Waals surface area contributed by atoms with E-state index in [0.717, 1.165) is 11.1 Å². The molecule has 3 rings (SSSR count). The lowest BCUT2D eigenvalue weighted by atomic mass is 10.1. The third-order valence-electron chi connectivity index (χ3n) is 4.23. The number of hydrogen-bond acceptors (Lipinski definition) is 4. The van der Waals surface area contributed by atoms with Gasteiger partial charge in [0.2, 0.25) is 0 Å². The van der Waals surface area contributed by atoms with Crippen LogP contribution in [0, 0.1) is 0 Å². The predicted molar refractivity (Wildman–Crippen MR) is 104 cm³/mol. The highest BCUT2D eigenvalue weighted by Gasteiger charge is 2.17. The van der Waals surface area contributed by atoms with Crippen LogP contribution in [0.3, 0.4) is 0 Å². The van der Waals surface area contributed by atoms with Crippen LogP contribution in [0.5, 0.6) is 5.75 Å². The van der Waals surface area contributed by atoms with E-state index in [-0.39, 0.29) is 11.9 Å². The van der Waals surface area contributed by atoms with Crippen LogP contribution in [0.4, 0.5) is 5.69 Å². The second kappa shape index (κ2) is 7.52. The molecule has 0 saturated carbocycles. The minimum atomic E-state index is -0.257. The van der Waals surface area contributed by atoms with Crippen molar-refractivity contribution >= 4 is 22.6 Å². The van der Waals surface area contributed by atoms with Crippen molar-refractivity contribution in [1.82, 2.24) is 5.32 Å². The summed E-state index contributed by atoms with van der Waals surface area (Å²) in [7, 11) is 3.90. The fourth-order valence-electron chi connectivity index (χ4n) is 2.82. The zero-order valence-corrected chi connectivity index (χ0v) is 15.6. The Labute approximate surface area is 153 Å². The Hall–Kier alpha value is -2.95. The molecule has 0 radical (unpaired) electrons. The lowest BCUT2D eigenvalue weighted by Crippen LogP contribution is -2.26. The quantitative estimate of drug-likeness (QED) is 0.715. The lowest BCUT2D eigenvalue weighted by molar-refractivity contribution is 0.0935. The van der Waals surface area contributed by atoms with E-state index in [1.165, 1.54) is 0 Å². The fourth-order valence-corrected chi connectivity index (χ4v) is 2.82. The van der Waals surface area contributed by atoms with E-state index < -0.39 is 0 Å². The second-order valence-electron chi connectivity index (χ2n) is 6.40. The highest BCUT2D eigenvalue weighted by Crippen LogP contribution is 2.31. The molecule has 5 nitrogen and oxygen atoms in total. The van der Waals surface area contributed by atoms with E-state index in [2.05, 4.69) is 5.32 Å². The zero-order chi connectivity index (χ0) is 18.7. The Morgan fingerprint density at radius 1 is 1.19 bits per heavy atom. The van der Waals surface area contributed by atoms with Crippen molar-refractivity contribution in [2.45, 2.75) is 19.9 Å². The summed E-state index contributed by atoms with van der Waals surface area (Å²) < 4.78 is 11.6. The summed E-state index contributed by atoms with van der Waals surface area (Å²) in [5, 5.41) is 3.96. The van der Waals surface area contributed by atoms with Gasteiger partial charge in [0.25, 0.3) is 5.91 Å². The van der Waals surface area contributed by atoms with Gasteiger partial charge >= 0.3 is 0 Å². The number of carbonyl (C=O) groups is 1. The molecule has 1 heterocycles. The van der Waals surface area contributed by atoms with Gasteiger partial charge in [-0.05, 0) is 44.2 Å². The minimum absolute atomic E-state index is 0.133. The number of rotatable bonds is 6. The van der Waals surface area contributed by atoms with Crippen molar-refractivity contribution in [2.24, 2.45) is 0 Å². The smallest absolute Gasteiger partial charge is 0.251 e. The lowest BCUT2D eigenvalue weighted by Gasteiger charge is -2.15. The van der Waals surface area contributed by atoms with Gasteiger partial charge in [0, 0.05) is 30.7 Å². The number of nitrogens with zero attached hydrogens (tertiary/aromatic N) is 1. The van der Waals surface area contributed by atoms with E-state index in [9.17, 15) is 4.79 Å². The molecule has 0 saturated heterocycles. The summed E-state index contributed by atoms with van der Waals surface area (Å²) in [6.45, 7) is 4.42. The molecule has 26 heavy (non-hydrogen) atoms. The maximum absolute atomic E-state index is 12.6. The Morgan fingerprint density at radius 3 is 2.69 bits per heavy atom. The van der Waals surface area contributed by atoms with Gasteiger partial charge in [-0.15, -0.1) is 0 Å². The molecule has 0 aliphatic carbocycles. The molecule has 0 spiro atoms. The molecular formula is C21H24N2O3. The Morgan fingerprint density at radius 2 is 1.96 bits per heavy atom. The monoisotopic (exact) mass is 352 g/mol. The molecule has 0 aliphatic rings. The first kappa shape index (κ1) is 17.9. The molecule has 3 aromatic rings.